The number of carbonyl (C=O) groups is 2. The zero-order valence-corrected chi connectivity index (χ0v) is 20.6. The van der Waals surface area contributed by atoms with Crippen LogP contribution in [0.25, 0.3) is 20.8 Å². The first kappa shape index (κ1) is 24.3. The minimum atomic E-state index is -4.55. The lowest BCUT2D eigenvalue weighted by Crippen LogP contribution is -2.35. The van der Waals surface area contributed by atoms with Gasteiger partial charge >= 0.3 is 12.3 Å². The van der Waals surface area contributed by atoms with E-state index in [0.717, 1.165) is 38.4 Å². The van der Waals surface area contributed by atoms with Crippen molar-refractivity contribution in [1.29, 1.82) is 0 Å². The van der Waals surface area contributed by atoms with Gasteiger partial charge in [0.1, 0.15) is 10.0 Å². The number of fused-ring (bicyclic) bond motifs is 2. The molecule has 0 aliphatic carbocycles. The number of benzene rings is 2. The summed E-state index contributed by atoms with van der Waals surface area (Å²) in [5, 5.41) is 4.02. The number of para-hydroxylation sites is 1. The molecule has 2 amide bonds. The monoisotopic (exact) mass is 531 g/mol. The molecule has 2 aromatic carbocycles. The van der Waals surface area contributed by atoms with Gasteiger partial charge in [0.25, 0.3) is 5.91 Å². The highest BCUT2D eigenvalue weighted by molar-refractivity contribution is 7.23. The average Bonchev–Trinajstić information content (AvgIpc) is 3.43. The fraction of sp³-hybridized carbons (Fsp3) is 0.240. The van der Waals surface area contributed by atoms with E-state index in [2.05, 4.69) is 5.32 Å². The number of nitrogens with zero attached hydrogens (tertiary/aromatic N) is 2. The Morgan fingerprint density at radius 2 is 1.94 bits per heavy atom. The number of amides is 2. The van der Waals surface area contributed by atoms with Crippen molar-refractivity contribution in [2.45, 2.75) is 26.1 Å². The summed E-state index contributed by atoms with van der Waals surface area (Å²) in [5.74, 6) is -0.649. The molecule has 3 heterocycles. The summed E-state index contributed by atoms with van der Waals surface area (Å²) in [6, 6.07) is 12.0. The van der Waals surface area contributed by atoms with Crippen molar-refractivity contribution in [2.75, 3.05) is 18.5 Å². The van der Waals surface area contributed by atoms with E-state index in [9.17, 15) is 22.8 Å². The molecule has 2 aromatic heterocycles. The Morgan fingerprint density at radius 1 is 1.14 bits per heavy atom. The number of thiazole rings is 1. The van der Waals surface area contributed by atoms with Crippen molar-refractivity contribution < 1.29 is 27.5 Å². The lowest BCUT2D eigenvalue weighted by atomic mass is 10.0. The van der Waals surface area contributed by atoms with Crippen LogP contribution in [-0.2, 0) is 23.9 Å². The van der Waals surface area contributed by atoms with Crippen LogP contribution >= 0.6 is 22.7 Å². The Balaban J connectivity index is 1.54. The van der Waals surface area contributed by atoms with Gasteiger partial charge in [0.15, 0.2) is 0 Å². The molecule has 36 heavy (non-hydrogen) atoms. The van der Waals surface area contributed by atoms with Gasteiger partial charge in [-0.1, -0.05) is 18.2 Å². The largest absolute Gasteiger partial charge is 0.450 e. The normalized spacial score (nSPS) is 13.5. The lowest BCUT2D eigenvalue weighted by Gasteiger charge is -2.26. The third kappa shape index (κ3) is 4.68. The van der Waals surface area contributed by atoms with Crippen LogP contribution in [0.15, 0.2) is 48.5 Å². The van der Waals surface area contributed by atoms with Crippen molar-refractivity contribution in [3.63, 3.8) is 0 Å². The predicted molar refractivity (Wildman–Crippen MR) is 133 cm³/mol. The highest BCUT2D eigenvalue weighted by Crippen LogP contribution is 2.46. The summed E-state index contributed by atoms with van der Waals surface area (Å²) in [6.07, 6.45) is -4.43. The van der Waals surface area contributed by atoms with Gasteiger partial charge in [0.05, 0.1) is 28.9 Å². The maximum atomic E-state index is 13.2. The quantitative estimate of drug-likeness (QED) is 0.314. The Kier molecular flexibility index (Phi) is 6.44. The van der Waals surface area contributed by atoms with Crippen LogP contribution in [0.4, 0.5) is 23.0 Å². The average molecular weight is 532 g/mol. The maximum absolute atomic E-state index is 13.2. The van der Waals surface area contributed by atoms with Crippen molar-refractivity contribution in [1.82, 2.24) is 9.88 Å². The van der Waals surface area contributed by atoms with Crippen LogP contribution in [0.2, 0.25) is 0 Å². The van der Waals surface area contributed by atoms with Crippen molar-refractivity contribution >= 4 is 49.9 Å². The molecule has 0 bridgehead atoms. The van der Waals surface area contributed by atoms with Crippen molar-refractivity contribution in [2.24, 2.45) is 0 Å². The van der Waals surface area contributed by atoms with Gasteiger partial charge in [-0.2, -0.15) is 13.2 Å². The predicted octanol–water partition coefficient (Wildman–Crippen LogP) is 6.81. The van der Waals surface area contributed by atoms with E-state index in [1.165, 1.54) is 34.8 Å². The van der Waals surface area contributed by atoms with Crippen LogP contribution in [-0.4, -0.2) is 35.0 Å². The molecule has 0 spiro atoms. The maximum Gasteiger partial charge on any atom is 0.416 e. The zero-order valence-electron chi connectivity index (χ0n) is 19.0. The summed E-state index contributed by atoms with van der Waals surface area (Å²) in [4.78, 5) is 32.6. The molecule has 1 aliphatic heterocycles. The van der Waals surface area contributed by atoms with E-state index in [-0.39, 0.29) is 12.2 Å². The number of hydrogen-bond acceptors (Lipinski definition) is 6. The minimum absolute atomic E-state index is 0.0976. The molecule has 1 aliphatic rings. The SMILES string of the molecule is CCOC(=O)N1CCc2c(sc(NC(=O)c3cccc(C(F)(F)F)c3)c2-c2nc3ccccc3s2)C1. The van der Waals surface area contributed by atoms with Crippen LogP contribution in [0, 0.1) is 0 Å². The molecular formula is C25H20F3N3O3S2. The van der Waals surface area contributed by atoms with E-state index in [1.54, 1.807) is 11.8 Å². The molecule has 1 N–H and O–H groups in total. The van der Waals surface area contributed by atoms with Crippen LogP contribution < -0.4 is 5.32 Å². The molecular weight excluding hydrogens is 511 g/mol. The number of hydrogen-bond donors (Lipinski definition) is 1. The molecule has 186 valence electrons. The van der Waals surface area contributed by atoms with E-state index >= 15 is 0 Å². The number of ether oxygens (including phenoxy) is 1. The highest BCUT2D eigenvalue weighted by Gasteiger charge is 2.32. The number of aromatic nitrogens is 1. The van der Waals surface area contributed by atoms with E-state index in [0.29, 0.717) is 29.5 Å². The highest BCUT2D eigenvalue weighted by atomic mass is 32.1. The van der Waals surface area contributed by atoms with E-state index in [1.807, 2.05) is 24.3 Å². The second-order valence-corrected chi connectivity index (χ2v) is 10.2. The van der Waals surface area contributed by atoms with Gasteiger partial charge in [-0.25, -0.2) is 9.78 Å². The first-order valence-electron chi connectivity index (χ1n) is 11.2. The molecule has 4 aromatic rings. The van der Waals surface area contributed by atoms with Crippen LogP contribution in [0.1, 0.15) is 33.3 Å². The number of anilines is 1. The topological polar surface area (TPSA) is 71.5 Å². The number of alkyl halides is 3. The molecule has 0 radical (unpaired) electrons. The first-order chi connectivity index (χ1) is 17.2. The summed E-state index contributed by atoms with van der Waals surface area (Å²) in [6.45, 7) is 2.77. The Bertz CT molecular complexity index is 1430. The molecule has 5 rings (SSSR count). The van der Waals surface area contributed by atoms with Gasteiger partial charge < -0.3 is 15.0 Å². The lowest BCUT2D eigenvalue weighted by molar-refractivity contribution is -0.137. The summed E-state index contributed by atoms with van der Waals surface area (Å²) in [7, 11) is 0. The van der Waals surface area contributed by atoms with Gasteiger partial charge in [0.2, 0.25) is 0 Å². The van der Waals surface area contributed by atoms with Crippen LogP contribution in [0.5, 0.6) is 0 Å². The molecule has 6 nitrogen and oxygen atoms in total. The van der Waals surface area contributed by atoms with E-state index in [4.69, 9.17) is 9.72 Å². The fourth-order valence-corrected chi connectivity index (χ4v) is 6.45. The first-order valence-corrected chi connectivity index (χ1v) is 12.8. The number of halogens is 3. The van der Waals surface area contributed by atoms with Crippen molar-refractivity contribution in [3.05, 3.63) is 70.1 Å². The van der Waals surface area contributed by atoms with Gasteiger partial charge in [-0.05, 0) is 49.2 Å². The third-order valence-corrected chi connectivity index (χ3v) is 7.96. The Hall–Kier alpha value is -3.44. The van der Waals surface area contributed by atoms with Gasteiger partial charge in [-0.3, -0.25) is 4.79 Å². The molecule has 11 heteroatoms. The molecule has 0 saturated heterocycles. The molecule has 0 atom stereocenters. The Labute approximate surface area is 212 Å². The van der Waals surface area contributed by atoms with E-state index < -0.39 is 23.7 Å². The van der Waals surface area contributed by atoms with Gasteiger partial charge in [-0.15, -0.1) is 22.7 Å². The Morgan fingerprint density at radius 3 is 2.69 bits per heavy atom. The van der Waals surface area contributed by atoms with Crippen molar-refractivity contribution in [3.8, 4) is 10.6 Å². The second kappa shape index (κ2) is 9.55. The smallest absolute Gasteiger partial charge is 0.416 e. The molecule has 0 saturated carbocycles. The fourth-order valence-electron chi connectivity index (χ4n) is 4.08. The second-order valence-electron chi connectivity index (χ2n) is 8.10. The summed E-state index contributed by atoms with van der Waals surface area (Å²) in [5.41, 5.74) is 1.55. The number of thiophene rings is 1. The molecule has 0 fully saturated rings. The van der Waals surface area contributed by atoms with Gasteiger partial charge in [0, 0.05) is 22.5 Å². The zero-order chi connectivity index (χ0) is 25.4. The number of carbonyl (C=O) groups excluding carboxylic acids is 2. The third-order valence-electron chi connectivity index (χ3n) is 5.77. The number of nitrogens with one attached hydrogen (secondary N) is 1. The minimum Gasteiger partial charge on any atom is -0.450 e. The number of rotatable bonds is 4. The summed E-state index contributed by atoms with van der Waals surface area (Å²) >= 11 is 2.78. The molecule has 0 unspecified atom stereocenters. The standard InChI is InChI=1S/C25H20F3N3O3S2/c1-2-34-24(33)31-11-10-16-19(13-31)36-23(20(16)22-29-17-8-3-4-9-18(17)35-22)30-21(32)14-6-5-7-15(12-14)25(26,27)28/h3-9,12H,2,10-11,13H2,1H3,(H,30,32). The summed E-state index contributed by atoms with van der Waals surface area (Å²) < 4.78 is 45.6. The van der Waals surface area contributed by atoms with Crippen LogP contribution in [0.3, 0.4) is 0 Å².